The van der Waals surface area contributed by atoms with Crippen molar-refractivity contribution in [1.82, 2.24) is 10.5 Å². The standard InChI is InChI=1S/C9H11NO2.C6H9N3O3S/c11-9(12)6-7-10-8-4-2-1-3-5-8;1-12-9-4(5(10)11)3-2-13-6(7)8-3/h1-5,10H,6-7H2,(H,11,12);2,4,9H,1H3,(H2,7,8)(H,10,11). The van der Waals surface area contributed by atoms with Crippen LogP contribution in [0.25, 0.3) is 0 Å². The van der Waals surface area contributed by atoms with E-state index in [0.717, 1.165) is 5.69 Å². The van der Waals surface area contributed by atoms with Crippen molar-refractivity contribution in [1.29, 1.82) is 0 Å². The van der Waals surface area contributed by atoms with Gasteiger partial charge in [0.2, 0.25) is 0 Å². The van der Waals surface area contributed by atoms with Crippen molar-refractivity contribution in [2.45, 2.75) is 12.5 Å². The zero-order valence-corrected chi connectivity index (χ0v) is 14.3. The van der Waals surface area contributed by atoms with Gasteiger partial charge in [-0.2, -0.15) is 5.48 Å². The quantitative estimate of drug-likeness (QED) is 0.438. The highest BCUT2D eigenvalue weighted by Crippen LogP contribution is 2.18. The SMILES string of the molecule is CONC(C(=O)O)c1csc(N)n1.O=C(O)CCNc1ccccc1. The first-order valence-corrected chi connectivity index (χ1v) is 8.05. The molecule has 1 heterocycles. The number of para-hydroxylation sites is 1. The first kappa shape index (κ1) is 20.4. The Balaban J connectivity index is 0.000000251. The molecule has 0 aliphatic carbocycles. The number of benzene rings is 1. The van der Waals surface area contributed by atoms with Crippen LogP contribution in [0.2, 0.25) is 0 Å². The fraction of sp³-hybridized carbons (Fsp3) is 0.267. The third kappa shape index (κ3) is 8.11. The molecular weight excluding hydrogens is 348 g/mol. The number of carboxylic acid groups (broad SMARTS) is 2. The van der Waals surface area contributed by atoms with Gasteiger partial charge in [0.25, 0.3) is 0 Å². The molecule has 2 rings (SSSR count). The number of anilines is 2. The highest BCUT2D eigenvalue weighted by Gasteiger charge is 2.21. The average Bonchev–Trinajstić information content (AvgIpc) is 2.99. The van der Waals surface area contributed by atoms with Gasteiger partial charge in [0.1, 0.15) is 0 Å². The molecule has 9 nitrogen and oxygen atoms in total. The number of thiazole rings is 1. The van der Waals surface area contributed by atoms with E-state index in [1.54, 1.807) is 5.38 Å². The topological polar surface area (TPSA) is 147 Å². The van der Waals surface area contributed by atoms with Gasteiger partial charge in [-0.25, -0.2) is 4.98 Å². The van der Waals surface area contributed by atoms with Crippen LogP contribution in [-0.4, -0.2) is 40.8 Å². The maximum absolute atomic E-state index is 10.7. The molecule has 0 amide bonds. The minimum Gasteiger partial charge on any atom is -0.481 e. The zero-order valence-electron chi connectivity index (χ0n) is 13.5. The molecule has 1 aromatic heterocycles. The Kier molecular flexibility index (Phi) is 8.93. The molecule has 1 unspecified atom stereocenters. The molecule has 10 heteroatoms. The molecule has 0 bridgehead atoms. The Hall–Kier alpha value is -2.69. The Morgan fingerprint density at radius 1 is 1.32 bits per heavy atom. The van der Waals surface area contributed by atoms with E-state index in [1.807, 2.05) is 30.3 Å². The largest absolute Gasteiger partial charge is 0.481 e. The molecule has 0 saturated carbocycles. The third-order valence-electron chi connectivity index (χ3n) is 2.76. The smallest absolute Gasteiger partial charge is 0.329 e. The molecule has 0 spiro atoms. The number of hydrogen-bond donors (Lipinski definition) is 5. The van der Waals surface area contributed by atoms with Gasteiger partial charge in [0, 0.05) is 17.6 Å². The fourth-order valence-electron chi connectivity index (χ4n) is 1.66. The van der Waals surface area contributed by atoms with E-state index in [1.165, 1.54) is 18.4 Å². The van der Waals surface area contributed by atoms with Crippen LogP contribution in [0.4, 0.5) is 10.8 Å². The summed E-state index contributed by atoms with van der Waals surface area (Å²) in [6.45, 7) is 0.472. The number of hydrogen-bond acceptors (Lipinski definition) is 8. The first-order chi connectivity index (χ1) is 11.9. The fourth-order valence-corrected chi connectivity index (χ4v) is 2.25. The molecular formula is C15H20N4O5S. The van der Waals surface area contributed by atoms with Crippen molar-refractivity contribution in [3.05, 3.63) is 41.4 Å². The summed E-state index contributed by atoms with van der Waals surface area (Å²) in [5, 5.41) is 22.0. The Morgan fingerprint density at radius 2 is 2.00 bits per heavy atom. The van der Waals surface area contributed by atoms with Crippen LogP contribution in [0.1, 0.15) is 18.2 Å². The van der Waals surface area contributed by atoms with E-state index in [9.17, 15) is 9.59 Å². The summed E-state index contributed by atoms with van der Waals surface area (Å²) in [7, 11) is 1.34. The van der Waals surface area contributed by atoms with Gasteiger partial charge in [-0.05, 0) is 12.1 Å². The first-order valence-electron chi connectivity index (χ1n) is 7.17. The highest BCUT2D eigenvalue weighted by molar-refractivity contribution is 7.13. The number of hydroxylamine groups is 1. The Bertz CT molecular complexity index is 665. The summed E-state index contributed by atoms with van der Waals surface area (Å²) in [6.07, 6.45) is 0.148. The predicted octanol–water partition coefficient (Wildman–Crippen LogP) is 1.58. The van der Waals surface area contributed by atoms with Crippen LogP contribution in [0, 0.1) is 0 Å². The van der Waals surface area contributed by atoms with Gasteiger partial charge >= 0.3 is 11.9 Å². The molecule has 0 aliphatic rings. The van der Waals surface area contributed by atoms with Crippen molar-refractivity contribution in [2.24, 2.45) is 0 Å². The van der Waals surface area contributed by atoms with Gasteiger partial charge in [-0.3, -0.25) is 9.59 Å². The summed E-state index contributed by atoms with van der Waals surface area (Å²) in [5.41, 5.74) is 8.96. The predicted molar refractivity (Wildman–Crippen MR) is 94.2 cm³/mol. The van der Waals surface area contributed by atoms with Crippen LogP contribution in [0.5, 0.6) is 0 Å². The summed E-state index contributed by atoms with van der Waals surface area (Å²) >= 11 is 1.18. The molecule has 0 aliphatic heterocycles. The summed E-state index contributed by atoms with van der Waals surface area (Å²) in [4.78, 5) is 29.2. The van der Waals surface area contributed by atoms with Crippen LogP contribution in [0.15, 0.2) is 35.7 Å². The lowest BCUT2D eigenvalue weighted by molar-refractivity contribution is -0.143. The van der Waals surface area contributed by atoms with Gasteiger partial charge in [-0.15, -0.1) is 11.3 Å². The van der Waals surface area contributed by atoms with Crippen LogP contribution in [0.3, 0.4) is 0 Å². The molecule has 0 saturated heterocycles. The summed E-state index contributed by atoms with van der Waals surface area (Å²) < 4.78 is 0. The number of nitrogens with zero attached hydrogens (tertiary/aromatic N) is 1. The lowest BCUT2D eigenvalue weighted by Gasteiger charge is -2.08. The van der Waals surface area contributed by atoms with E-state index < -0.39 is 18.0 Å². The van der Waals surface area contributed by atoms with Gasteiger partial charge in [0.15, 0.2) is 11.2 Å². The summed E-state index contributed by atoms with van der Waals surface area (Å²) in [5.74, 6) is -1.84. The third-order valence-corrected chi connectivity index (χ3v) is 3.45. The van der Waals surface area contributed by atoms with Crippen molar-refractivity contribution < 1.29 is 24.6 Å². The van der Waals surface area contributed by atoms with Crippen molar-refractivity contribution >= 4 is 34.1 Å². The Morgan fingerprint density at radius 3 is 2.48 bits per heavy atom. The second kappa shape index (κ2) is 11.0. The second-order valence-electron chi connectivity index (χ2n) is 4.64. The van der Waals surface area contributed by atoms with E-state index in [0.29, 0.717) is 17.4 Å². The second-order valence-corrected chi connectivity index (χ2v) is 5.53. The van der Waals surface area contributed by atoms with E-state index in [2.05, 4.69) is 20.6 Å². The minimum absolute atomic E-state index is 0.148. The monoisotopic (exact) mass is 368 g/mol. The average molecular weight is 368 g/mol. The number of carboxylic acids is 2. The number of aromatic nitrogens is 1. The molecule has 6 N–H and O–H groups in total. The normalized spacial score (nSPS) is 11.1. The maximum atomic E-state index is 10.7. The Labute approximate surface area is 148 Å². The van der Waals surface area contributed by atoms with Crippen LogP contribution < -0.4 is 16.5 Å². The molecule has 136 valence electrons. The maximum Gasteiger partial charge on any atom is 0.329 e. The number of nitrogen functional groups attached to an aromatic ring is 1. The molecule has 1 atom stereocenters. The molecule has 2 aromatic rings. The number of nitrogens with two attached hydrogens (primary N) is 1. The number of rotatable bonds is 8. The van der Waals surface area contributed by atoms with Gasteiger partial charge in [0.05, 0.1) is 19.2 Å². The lowest BCUT2D eigenvalue weighted by Crippen LogP contribution is -2.27. The molecule has 0 fully saturated rings. The summed E-state index contributed by atoms with van der Waals surface area (Å²) in [6, 6.07) is 8.57. The van der Waals surface area contributed by atoms with Crippen molar-refractivity contribution in [3.8, 4) is 0 Å². The van der Waals surface area contributed by atoms with E-state index in [4.69, 9.17) is 15.9 Å². The van der Waals surface area contributed by atoms with Crippen molar-refractivity contribution in [2.75, 3.05) is 24.7 Å². The van der Waals surface area contributed by atoms with Crippen molar-refractivity contribution in [3.63, 3.8) is 0 Å². The molecule has 1 aromatic carbocycles. The highest BCUT2D eigenvalue weighted by atomic mass is 32.1. The zero-order chi connectivity index (χ0) is 18.7. The molecule has 25 heavy (non-hydrogen) atoms. The van der Waals surface area contributed by atoms with E-state index >= 15 is 0 Å². The van der Waals surface area contributed by atoms with Crippen LogP contribution in [-0.2, 0) is 14.4 Å². The van der Waals surface area contributed by atoms with Gasteiger partial charge in [-0.1, -0.05) is 18.2 Å². The number of carbonyl (C=O) groups is 2. The lowest BCUT2D eigenvalue weighted by atomic mass is 10.2. The number of nitrogens with one attached hydrogen (secondary N) is 2. The number of aliphatic carboxylic acids is 2. The molecule has 0 radical (unpaired) electrons. The minimum atomic E-state index is -1.06. The van der Waals surface area contributed by atoms with E-state index in [-0.39, 0.29) is 6.42 Å². The van der Waals surface area contributed by atoms with Crippen LogP contribution >= 0.6 is 11.3 Å². The van der Waals surface area contributed by atoms with Gasteiger partial charge < -0.3 is 26.1 Å².